The standard InChI is InChI=1S/C19H27N5O/c1-15-8-11-23(21-15)12-9-19(25)24-10-4-5-18(24)17-7-6-16(13-20-17)14-22(2)3/h6-8,11,13,18H,4-5,9-10,12,14H2,1-3H3/t18-/m1/s1. The van der Waals surface area contributed by atoms with Gasteiger partial charge in [0.25, 0.3) is 0 Å². The number of aromatic nitrogens is 3. The summed E-state index contributed by atoms with van der Waals surface area (Å²) in [6, 6.07) is 6.27. The zero-order valence-corrected chi connectivity index (χ0v) is 15.4. The van der Waals surface area contributed by atoms with Crippen molar-refractivity contribution in [1.82, 2.24) is 24.6 Å². The molecule has 25 heavy (non-hydrogen) atoms. The van der Waals surface area contributed by atoms with Gasteiger partial charge in [0.05, 0.1) is 17.4 Å². The maximum absolute atomic E-state index is 12.7. The van der Waals surface area contributed by atoms with Crippen molar-refractivity contribution in [3.05, 3.63) is 47.5 Å². The van der Waals surface area contributed by atoms with E-state index in [1.54, 1.807) is 0 Å². The van der Waals surface area contributed by atoms with Crippen molar-refractivity contribution in [3.8, 4) is 0 Å². The molecule has 6 nitrogen and oxygen atoms in total. The molecular formula is C19H27N5O. The molecule has 0 N–H and O–H groups in total. The molecule has 0 bridgehead atoms. The Balaban J connectivity index is 1.62. The molecule has 0 aliphatic carbocycles. The number of likely N-dealkylation sites (tertiary alicyclic amines) is 1. The van der Waals surface area contributed by atoms with Crippen LogP contribution in [-0.2, 0) is 17.9 Å². The summed E-state index contributed by atoms with van der Waals surface area (Å²) in [6.07, 6.45) is 6.37. The van der Waals surface area contributed by atoms with Crippen molar-refractivity contribution in [2.24, 2.45) is 0 Å². The normalized spacial score (nSPS) is 17.4. The second kappa shape index (κ2) is 7.78. The van der Waals surface area contributed by atoms with Gasteiger partial charge in [-0.25, -0.2) is 0 Å². The molecule has 0 radical (unpaired) electrons. The van der Waals surface area contributed by atoms with Crippen molar-refractivity contribution < 1.29 is 4.79 Å². The maximum Gasteiger partial charge on any atom is 0.224 e. The summed E-state index contributed by atoms with van der Waals surface area (Å²) in [6.45, 7) is 4.29. The number of amides is 1. The number of pyridine rings is 1. The molecule has 3 rings (SSSR count). The largest absolute Gasteiger partial charge is 0.334 e. The molecule has 0 saturated carbocycles. The summed E-state index contributed by atoms with van der Waals surface area (Å²) < 4.78 is 1.84. The van der Waals surface area contributed by atoms with Gasteiger partial charge >= 0.3 is 0 Å². The van der Waals surface area contributed by atoms with E-state index in [9.17, 15) is 4.79 Å². The van der Waals surface area contributed by atoms with Gasteiger partial charge in [-0.3, -0.25) is 14.5 Å². The Labute approximate surface area is 149 Å². The Kier molecular flexibility index (Phi) is 5.48. The number of nitrogens with zero attached hydrogens (tertiary/aromatic N) is 5. The van der Waals surface area contributed by atoms with Gasteiger partial charge in [0.2, 0.25) is 5.91 Å². The molecule has 3 heterocycles. The van der Waals surface area contributed by atoms with Gasteiger partial charge in [-0.15, -0.1) is 0 Å². The molecule has 0 unspecified atom stereocenters. The topological polar surface area (TPSA) is 54.3 Å². The minimum atomic E-state index is 0.111. The molecule has 2 aromatic heterocycles. The monoisotopic (exact) mass is 341 g/mol. The molecule has 1 aliphatic rings. The Morgan fingerprint density at radius 1 is 1.32 bits per heavy atom. The summed E-state index contributed by atoms with van der Waals surface area (Å²) in [5, 5.41) is 4.35. The molecule has 2 aromatic rings. The summed E-state index contributed by atoms with van der Waals surface area (Å²) in [5.41, 5.74) is 3.18. The van der Waals surface area contributed by atoms with Crippen LogP contribution in [0.1, 0.15) is 42.3 Å². The van der Waals surface area contributed by atoms with Gasteiger partial charge in [0.15, 0.2) is 0 Å². The van der Waals surface area contributed by atoms with E-state index in [0.717, 1.165) is 37.3 Å². The molecule has 134 valence electrons. The molecule has 1 fully saturated rings. The van der Waals surface area contributed by atoms with Gasteiger partial charge in [-0.1, -0.05) is 6.07 Å². The van der Waals surface area contributed by atoms with Crippen molar-refractivity contribution in [2.75, 3.05) is 20.6 Å². The van der Waals surface area contributed by atoms with E-state index in [1.807, 2.05) is 49.1 Å². The van der Waals surface area contributed by atoms with Crippen molar-refractivity contribution in [1.29, 1.82) is 0 Å². The van der Waals surface area contributed by atoms with E-state index in [-0.39, 0.29) is 11.9 Å². The molecule has 1 aliphatic heterocycles. The van der Waals surface area contributed by atoms with Crippen LogP contribution >= 0.6 is 0 Å². The van der Waals surface area contributed by atoms with E-state index in [1.165, 1.54) is 5.56 Å². The predicted molar refractivity (Wildman–Crippen MR) is 96.9 cm³/mol. The molecule has 1 amide bonds. The van der Waals surface area contributed by atoms with E-state index in [2.05, 4.69) is 27.1 Å². The average Bonchev–Trinajstić information content (AvgIpc) is 3.22. The number of carbonyl (C=O) groups excluding carboxylic acids is 1. The highest BCUT2D eigenvalue weighted by atomic mass is 16.2. The predicted octanol–water partition coefficient (Wildman–Crippen LogP) is 2.40. The fraction of sp³-hybridized carbons (Fsp3) is 0.526. The first kappa shape index (κ1) is 17.6. The van der Waals surface area contributed by atoms with Crippen molar-refractivity contribution in [3.63, 3.8) is 0 Å². The summed E-state index contributed by atoms with van der Waals surface area (Å²) in [5.74, 6) is 0.190. The highest BCUT2D eigenvalue weighted by Crippen LogP contribution is 2.31. The van der Waals surface area contributed by atoms with Crippen molar-refractivity contribution in [2.45, 2.75) is 45.3 Å². The minimum absolute atomic E-state index is 0.111. The van der Waals surface area contributed by atoms with Crippen LogP contribution in [0.4, 0.5) is 0 Å². The molecule has 0 aromatic carbocycles. The summed E-state index contributed by atoms with van der Waals surface area (Å²) >= 11 is 0. The lowest BCUT2D eigenvalue weighted by Gasteiger charge is -2.24. The second-order valence-corrected chi connectivity index (χ2v) is 7.04. The molecule has 1 saturated heterocycles. The third kappa shape index (κ3) is 4.45. The fourth-order valence-electron chi connectivity index (χ4n) is 3.41. The van der Waals surface area contributed by atoms with Gasteiger partial charge in [0, 0.05) is 38.4 Å². The first-order valence-electron chi connectivity index (χ1n) is 8.92. The minimum Gasteiger partial charge on any atom is -0.334 e. The number of rotatable bonds is 6. The third-order valence-corrected chi connectivity index (χ3v) is 4.59. The Hall–Kier alpha value is -2.21. The first-order chi connectivity index (χ1) is 12.0. The quantitative estimate of drug-likeness (QED) is 0.810. The number of hydrogen-bond acceptors (Lipinski definition) is 4. The number of hydrogen-bond donors (Lipinski definition) is 0. The van der Waals surface area contributed by atoms with E-state index < -0.39 is 0 Å². The summed E-state index contributed by atoms with van der Waals surface area (Å²) in [4.78, 5) is 21.4. The maximum atomic E-state index is 12.7. The third-order valence-electron chi connectivity index (χ3n) is 4.59. The lowest BCUT2D eigenvalue weighted by molar-refractivity contribution is -0.132. The van der Waals surface area contributed by atoms with Gasteiger partial charge in [-0.05, 0) is 51.6 Å². The lowest BCUT2D eigenvalue weighted by Crippen LogP contribution is -2.31. The van der Waals surface area contributed by atoms with Gasteiger partial charge in [-0.2, -0.15) is 5.10 Å². The smallest absolute Gasteiger partial charge is 0.224 e. The van der Waals surface area contributed by atoms with Crippen LogP contribution in [0, 0.1) is 6.92 Å². The zero-order valence-electron chi connectivity index (χ0n) is 15.4. The van der Waals surface area contributed by atoms with E-state index >= 15 is 0 Å². The van der Waals surface area contributed by atoms with E-state index in [0.29, 0.717) is 13.0 Å². The molecule has 6 heteroatoms. The van der Waals surface area contributed by atoms with E-state index in [4.69, 9.17) is 0 Å². The molecule has 0 spiro atoms. The van der Waals surface area contributed by atoms with Crippen LogP contribution in [0.25, 0.3) is 0 Å². The number of aryl methyl sites for hydroxylation is 2. The molecular weight excluding hydrogens is 314 g/mol. The Morgan fingerprint density at radius 2 is 2.16 bits per heavy atom. The van der Waals surface area contributed by atoms with Gasteiger partial charge in [0.1, 0.15) is 0 Å². The first-order valence-corrected chi connectivity index (χ1v) is 8.92. The van der Waals surface area contributed by atoms with Crippen LogP contribution in [0.15, 0.2) is 30.6 Å². The SMILES string of the molecule is Cc1ccn(CCC(=O)N2CCC[C@@H]2c2ccc(CN(C)C)cn2)n1. The zero-order chi connectivity index (χ0) is 17.8. The van der Waals surface area contributed by atoms with Crippen LogP contribution in [0.3, 0.4) is 0 Å². The summed E-state index contributed by atoms with van der Waals surface area (Å²) in [7, 11) is 4.10. The highest BCUT2D eigenvalue weighted by Gasteiger charge is 2.30. The number of carbonyl (C=O) groups is 1. The second-order valence-electron chi connectivity index (χ2n) is 7.04. The molecule has 1 atom stereocenters. The fourth-order valence-corrected chi connectivity index (χ4v) is 3.41. The van der Waals surface area contributed by atoms with Crippen LogP contribution in [-0.4, -0.2) is 51.1 Å². The Morgan fingerprint density at radius 3 is 2.80 bits per heavy atom. The van der Waals surface area contributed by atoms with Crippen LogP contribution in [0.5, 0.6) is 0 Å². The van der Waals surface area contributed by atoms with Crippen LogP contribution < -0.4 is 0 Å². The van der Waals surface area contributed by atoms with Crippen LogP contribution in [0.2, 0.25) is 0 Å². The Bertz CT molecular complexity index is 707. The lowest BCUT2D eigenvalue weighted by atomic mass is 10.1. The van der Waals surface area contributed by atoms with Crippen molar-refractivity contribution >= 4 is 5.91 Å². The average molecular weight is 341 g/mol. The highest BCUT2D eigenvalue weighted by molar-refractivity contribution is 5.76. The van der Waals surface area contributed by atoms with Gasteiger partial charge < -0.3 is 9.80 Å².